The Bertz CT molecular complexity index is 478. The van der Waals surface area contributed by atoms with Crippen LogP contribution < -0.4 is 0 Å². The molecule has 1 aromatic rings. The molecule has 0 atom stereocenters. The van der Waals surface area contributed by atoms with Crippen LogP contribution in [0.5, 0.6) is 0 Å². The second-order valence-corrected chi connectivity index (χ2v) is 4.91. The van der Waals surface area contributed by atoms with Crippen LogP contribution in [-0.2, 0) is 9.84 Å². The standard InChI is InChI=1S/C8H9NO4S/c1-6-4-3-5-7(9(10)11)8(6)14(2,12)13/h3-5H,1-2H3. The van der Waals surface area contributed by atoms with Crippen LogP contribution in [0.2, 0.25) is 0 Å². The van der Waals surface area contributed by atoms with Crippen molar-refractivity contribution in [2.24, 2.45) is 0 Å². The van der Waals surface area contributed by atoms with Crippen molar-refractivity contribution in [1.29, 1.82) is 0 Å². The first-order valence-corrected chi connectivity index (χ1v) is 5.67. The van der Waals surface area contributed by atoms with E-state index in [9.17, 15) is 18.5 Å². The molecule has 76 valence electrons. The average molecular weight is 215 g/mol. The van der Waals surface area contributed by atoms with Crippen LogP contribution in [0.15, 0.2) is 23.1 Å². The van der Waals surface area contributed by atoms with E-state index in [2.05, 4.69) is 0 Å². The molecule has 6 heteroatoms. The number of aryl methyl sites for hydroxylation is 1. The molecule has 0 aromatic heterocycles. The minimum absolute atomic E-state index is 0.204. The first-order valence-electron chi connectivity index (χ1n) is 3.78. The SMILES string of the molecule is Cc1cccc([N+](=O)[O-])c1S(C)(=O)=O. The maximum Gasteiger partial charge on any atom is 0.288 e. The van der Waals surface area contributed by atoms with Crippen LogP contribution in [0.4, 0.5) is 5.69 Å². The van der Waals surface area contributed by atoms with Crippen LogP contribution in [0.3, 0.4) is 0 Å². The Morgan fingerprint density at radius 2 is 1.93 bits per heavy atom. The summed E-state index contributed by atoms with van der Waals surface area (Å²) in [7, 11) is -3.55. The minimum Gasteiger partial charge on any atom is -0.258 e. The van der Waals surface area contributed by atoms with E-state index in [0.717, 1.165) is 6.26 Å². The molecule has 0 bridgehead atoms. The van der Waals surface area contributed by atoms with Crippen molar-refractivity contribution in [3.05, 3.63) is 33.9 Å². The molecule has 0 aliphatic carbocycles. The van der Waals surface area contributed by atoms with E-state index in [1.807, 2.05) is 0 Å². The third-order valence-corrected chi connectivity index (χ3v) is 3.03. The Morgan fingerprint density at radius 1 is 1.36 bits per heavy atom. The summed E-state index contributed by atoms with van der Waals surface area (Å²) in [5.74, 6) is 0. The van der Waals surface area contributed by atoms with Crippen LogP contribution in [0.25, 0.3) is 0 Å². The number of sulfone groups is 1. The molecular weight excluding hydrogens is 206 g/mol. The summed E-state index contributed by atoms with van der Waals surface area (Å²) in [6, 6.07) is 4.18. The van der Waals surface area contributed by atoms with Gasteiger partial charge in [-0.3, -0.25) is 10.1 Å². The molecule has 0 fully saturated rings. The molecule has 0 heterocycles. The summed E-state index contributed by atoms with van der Waals surface area (Å²) >= 11 is 0. The Balaban J connectivity index is 3.62. The highest BCUT2D eigenvalue weighted by Gasteiger charge is 2.23. The van der Waals surface area contributed by atoms with Gasteiger partial charge in [-0.25, -0.2) is 8.42 Å². The average Bonchev–Trinajstić information content (AvgIpc) is 2.01. The number of hydrogen-bond donors (Lipinski definition) is 0. The summed E-state index contributed by atoms with van der Waals surface area (Å²) in [6.07, 6.45) is 0.961. The molecule has 0 aliphatic rings. The lowest BCUT2D eigenvalue weighted by molar-refractivity contribution is -0.387. The van der Waals surface area contributed by atoms with Crippen LogP contribution in [-0.4, -0.2) is 19.6 Å². The number of nitro groups is 1. The smallest absolute Gasteiger partial charge is 0.258 e. The summed E-state index contributed by atoms with van der Waals surface area (Å²) in [5.41, 5.74) is 0.0224. The van der Waals surface area contributed by atoms with Crippen molar-refractivity contribution in [1.82, 2.24) is 0 Å². The van der Waals surface area contributed by atoms with Gasteiger partial charge in [-0.15, -0.1) is 0 Å². The lowest BCUT2D eigenvalue weighted by Gasteiger charge is -2.03. The second-order valence-electron chi connectivity index (χ2n) is 2.95. The summed E-state index contributed by atoms with van der Waals surface area (Å²) in [6.45, 7) is 1.53. The molecule has 0 saturated heterocycles. The van der Waals surface area contributed by atoms with Crippen molar-refractivity contribution in [3.63, 3.8) is 0 Å². The van der Waals surface area contributed by atoms with Crippen molar-refractivity contribution in [3.8, 4) is 0 Å². The molecule has 5 nitrogen and oxygen atoms in total. The number of rotatable bonds is 2. The second kappa shape index (κ2) is 3.38. The van der Waals surface area contributed by atoms with Crippen LogP contribution in [0.1, 0.15) is 5.56 Å². The first-order chi connectivity index (χ1) is 6.34. The van der Waals surface area contributed by atoms with Gasteiger partial charge in [0.15, 0.2) is 9.84 Å². The fourth-order valence-corrected chi connectivity index (χ4v) is 2.44. The summed E-state index contributed by atoms with van der Waals surface area (Å²) in [4.78, 5) is 9.67. The molecule has 0 N–H and O–H groups in total. The molecule has 0 amide bonds. The number of nitrogens with zero attached hydrogens (tertiary/aromatic N) is 1. The van der Waals surface area contributed by atoms with Crippen molar-refractivity contribution >= 4 is 15.5 Å². The zero-order valence-electron chi connectivity index (χ0n) is 7.72. The zero-order chi connectivity index (χ0) is 10.9. The van der Waals surface area contributed by atoms with Gasteiger partial charge in [-0.05, 0) is 12.5 Å². The lowest BCUT2D eigenvalue weighted by atomic mass is 10.2. The van der Waals surface area contributed by atoms with Gasteiger partial charge in [-0.1, -0.05) is 12.1 Å². The maximum atomic E-state index is 11.3. The molecule has 14 heavy (non-hydrogen) atoms. The fourth-order valence-electron chi connectivity index (χ4n) is 1.26. The largest absolute Gasteiger partial charge is 0.288 e. The highest BCUT2D eigenvalue weighted by molar-refractivity contribution is 7.90. The highest BCUT2D eigenvalue weighted by atomic mass is 32.2. The van der Waals surface area contributed by atoms with Gasteiger partial charge in [0.05, 0.1) is 4.92 Å². The van der Waals surface area contributed by atoms with Crippen molar-refractivity contribution in [2.45, 2.75) is 11.8 Å². The quantitative estimate of drug-likeness (QED) is 0.550. The number of hydrogen-bond acceptors (Lipinski definition) is 4. The molecule has 1 aromatic carbocycles. The highest BCUT2D eigenvalue weighted by Crippen LogP contribution is 2.26. The van der Waals surface area contributed by atoms with Gasteiger partial charge in [0.2, 0.25) is 0 Å². The molecule has 0 radical (unpaired) electrons. The molecule has 0 unspecified atom stereocenters. The maximum absolute atomic E-state index is 11.3. The third kappa shape index (κ3) is 1.90. The van der Waals surface area contributed by atoms with E-state index in [1.165, 1.54) is 25.1 Å². The van der Waals surface area contributed by atoms with E-state index in [1.54, 1.807) is 0 Å². The Kier molecular flexibility index (Phi) is 2.57. The van der Waals surface area contributed by atoms with Gasteiger partial charge in [0.1, 0.15) is 4.90 Å². The Labute approximate surface area is 81.4 Å². The summed E-state index contributed by atoms with van der Waals surface area (Å²) < 4.78 is 22.5. The fraction of sp³-hybridized carbons (Fsp3) is 0.250. The van der Waals surface area contributed by atoms with Crippen molar-refractivity contribution < 1.29 is 13.3 Å². The zero-order valence-corrected chi connectivity index (χ0v) is 8.54. The van der Waals surface area contributed by atoms with E-state index in [0.29, 0.717) is 5.56 Å². The van der Waals surface area contributed by atoms with Crippen LogP contribution >= 0.6 is 0 Å². The molecular formula is C8H9NO4S. The van der Waals surface area contributed by atoms with E-state index in [4.69, 9.17) is 0 Å². The van der Waals surface area contributed by atoms with E-state index < -0.39 is 14.8 Å². The molecule has 0 saturated carbocycles. The van der Waals surface area contributed by atoms with E-state index in [-0.39, 0.29) is 10.6 Å². The Hall–Kier alpha value is -1.43. The molecule has 0 spiro atoms. The van der Waals surface area contributed by atoms with Crippen LogP contribution in [0, 0.1) is 17.0 Å². The molecule has 1 rings (SSSR count). The predicted molar refractivity (Wildman–Crippen MR) is 50.9 cm³/mol. The first kappa shape index (κ1) is 10.6. The van der Waals surface area contributed by atoms with Gasteiger partial charge in [-0.2, -0.15) is 0 Å². The van der Waals surface area contributed by atoms with Gasteiger partial charge in [0, 0.05) is 12.3 Å². The van der Waals surface area contributed by atoms with Gasteiger partial charge in [0.25, 0.3) is 5.69 Å². The van der Waals surface area contributed by atoms with Gasteiger partial charge < -0.3 is 0 Å². The summed E-state index contributed by atoms with van der Waals surface area (Å²) in [5, 5.41) is 10.6. The monoisotopic (exact) mass is 215 g/mol. The number of benzene rings is 1. The normalized spacial score (nSPS) is 11.3. The van der Waals surface area contributed by atoms with Gasteiger partial charge >= 0.3 is 0 Å². The topological polar surface area (TPSA) is 77.3 Å². The minimum atomic E-state index is -3.55. The van der Waals surface area contributed by atoms with Crippen molar-refractivity contribution in [2.75, 3.05) is 6.26 Å². The molecule has 0 aliphatic heterocycles. The third-order valence-electron chi connectivity index (χ3n) is 1.76. The Morgan fingerprint density at radius 3 is 2.29 bits per heavy atom. The number of nitro benzene ring substituents is 1. The predicted octanol–water partition coefficient (Wildman–Crippen LogP) is 1.31. The lowest BCUT2D eigenvalue weighted by Crippen LogP contribution is -2.04. The van der Waals surface area contributed by atoms with E-state index >= 15 is 0 Å².